The molecule has 0 saturated carbocycles. The zero-order valence-corrected chi connectivity index (χ0v) is 16.3. The number of fused-ring (bicyclic) bond motifs is 1. The number of furan rings is 1. The van der Waals surface area contributed by atoms with Crippen molar-refractivity contribution < 1.29 is 4.42 Å². The molecule has 0 saturated heterocycles. The third-order valence-electron chi connectivity index (χ3n) is 4.04. The molecule has 0 aliphatic carbocycles. The first kappa shape index (κ1) is 17.1. The van der Waals surface area contributed by atoms with Crippen LogP contribution in [0, 0.1) is 0 Å². The average molecular weight is 428 g/mol. The summed E-state index contributed by atoms with van der Waals surface area (Å²) < 4.78 is 7.95. The highest BCUT2D eigenvalue weighted by atomic mass is 79.9. The minimum absolute atomic E-state index is 0.0812. The zero-order valence-electron chi connectivity index (χ0n) is 13.8. The summed E-state index contributed by atoms with van der Waals surface area (Å²) >= 11 is 4.77. The number of thioether (sulfide) groups is 1. The van der Waals surface area contributed by atoms with Crippen LogP contribution >= 0.6 is 27.7 Å². The van der Waals surface area contributed by atoms with Gasteiger partial charge in [-0.2, -0.15) is 0 Å². The summed E-state index contributed by atoms with van der Waals surface area (Å²) in [4.78, 5) is 21.2. The van der Waals surface area contributed by atoms with E-state index in [0.717, 1.165) is 22.3 Å². The van der Waals surface area contributed by atoms with Gasteiger partial charge >= 0.3 is 0 Å². The molecule has 0 bridgehead atoms. The molecule has 1 aromatic carbocycles. The number of pyridine rings is 1. The third-order valence-corrected chi connectivity index (χ3v) is 5.02. The molecule has 4 rings (SSSR count). The summed E-state index contributed by atoms with van der Waals surface area (Å²) in [5, 5.41) is 1.50. The van der Waals surface area contributed by atoms with Crippen LogP contribution in [0.2, 0.25) is 0 Å². The molecule has 0 spiro atoms. The molecule has 0 fully saturated rings. The number of hydrogen-bond acceptors (Lipinski definition) is 5. The second-order valence-corrected chi connectivity index (χ2v) is 7.25. The molecule has 4 aromatic rings. The van der Waals surface area contributed by atoms with Crippen LogP contribution < -0.4 is 5.56 Å². The smallest absolute Gasteiger partial charge is 0.252 e. The van der Waals surface area contributed by atoms with Crippen molar-refractivity contribution in [2.45, 2.75) is 11.7 Å². The summed E-state index contributed by atoms with van der Waals surface area (Å²) in [6.07, 6.45) is 3.67. The van der Waals surface area contributed by atoms with Crippen LogP contribution in [0.15, 0.2) is 73.8 Å². The Kier molecular flexibility index (Phi) is 4.65. The van der Waals surface area contributed by atoms with E-state index in [2.05, 4.69) is 25.9 Å². The minimum Gasteiger partial charge on any atom is -0.449 e. The second kappa shape index (κ2) is 7.09. The van der Waals surface area contributed by atoms with Gasteiger partial charge in [-0.1, -0.05) is 36.0 Å². The first-order valence-corrected chi connectivity index (χ1v) is 9.91. The van der Waals surface area contributed by atoms with Crippen molar-refractivity contribution in [2.75, 3.05) is 6.26 Å². The Morgan fingerprint density at radius 1 is 1.12 bits per heavy atom. The second-order valence-electron chi connectivity index (χ2n) is 5.69. The average Bonchev–Trinajstić information content (AvgIpc) is 3.10. The number of benzene rings is 1. The van der Waals surface area contributed by atoms with E-state index in [0.29, 0.717) is 22.0 Å². The SMILES string of the molecule is CSc1ncc2ccc(=O)n(Cc3ccc(-c4ccc(Br)o4)cc3)c2n1. The van der Waals surface area contributed by atoms with Gasteiger partial charge in [0.1, 0.15) is 11.4 Å². The van der Waals surface area contributed by atoms with Gasteiger partial charge in [0, 0.05) is 23.2 Å². The third kappa shape index (κ3) is 3.32. The van der Waals surface area contributed by atoms with E-state index in [4.69, 9.17) is 4.42 Å². The molecule has 7 heteroatoms. The van der Waals surface area contributed by atoms with Crippen LogP contribution in [-0.2, 0) is 6.54 Å². The van der Waals surface area contributed by atoms with Gasteiger partial charge in [0.2, 0.25) is 0 Å². The number of hydrogen-bond donors (Lipinski definition) is 0. The van der Waals surface area contributed by atoms with Gasteiger partial charge in [-0.25, -0.2) is 9.97 Å². The standard InChI is InChI=1S/C19H14BrN3O2S/c1-26-19-21-10-14-6-9-17(24)23(18(14)22-19)11-12-2-4-13(5-3-12)15-7-8-16(20)25-15/h2-10H,11H2,1H3. The minimum atomic E-state index is -0.0812. The summed E-state index contributed by atoms with van der Waals surface area (Å²) in [5.74, 6) is 0.795. The van der Waals surface area contributed by atoms with Crippen LogP contribution in [0.5, 0.6) is 0 Å². The van der Waals surface area contributed by atoms with Crippen molar-refractivity contribution in [1.82, 2.24) is 14.5 Å². The fraction of sp³-hybridized carbons (Fsp3) is 0.105. The molecule has 5 nitrogen and oxygen atoms in total. The number of nitrogens with zero attached hydrogens (tertiary/aromatic N) is 3. The van der Waals surface area contributed by atoms with Gasteiger partial charge in [-0.05, 0) is 45.9 Å². The summed E-state index contributed by atoms with van der Waals surface area (Å²) in [5.41, 5.74) is 2.56. The molecule has 0 amide bonds. The van der Waals surface area contributed by atoms with Gasteiger partial charge in [-0.3, -0.25) is 9.36 Å². The van der Waals surface area contributed by atoms with E-state index in [-0.39, 0.29) is 5.56 Å². The largest absolute Gasteiger partial charge is 0.449 e. The van der Waals surface area contributed by atoms with Crippen molar-refractivity contribution in [1.29, 1.82) is 0 Å². The quantitative estimate of drug-likeness (QED) is 0.352. The lowest BCUT2D eigenvalue weighted by Gasteiger charge is -2.10. The molecule has 0 N–H and O–H groups in total. The van der Waals surface area contributed by atoms with Gasteiger partial charge in [0.25, 0.3) is 5.56 Å². The fourth-order valence-corrected chi connectivity index (χ4v) is 3.38. The molecular formula is C19H14BrN3O2S. The first-order chi connectivity index (χ1) is 12.6. The Balaban J connectivity index is 1.70. The Hall–Kier alpha value is -2.38. The van der Waals surface area contributed by atoms with Crippen LogP contribution in [0.1, 0.15) is 5.56 Å². The monoisotopic (exact) mass is 427 g/mol. The highest BCUT2D eigenvalue weighted by Gasteiger charge is 2.08. The maximum atomic E-state index is 12.4. The lowest BCUT2D eigenvalue weighted by atomic mass is 10.1. The Morgan fingerprint density at radius 2 is 1.92 bits per heavy atom. The van der Waals surface area contributed by atoms with E-state index in [9.17, 15) is 4.79 Å². The normalized spacial score (nSPS) is 11.2. The fourth-order valence-electron chi connectivity index (χ4n) is 2.73. The highest BCUT2D eigenvalue weighted by molar-refractivity contribution is 9.10. The number of aromatic nitrogens is 3. The number of halogens is 1. The summed E-state index contributed by atoms with van der Waals surface area (Å²) in [6, 6.07) is 15.0. The maximum absolute atomic E-state index is 12.4. The van der Waals surface area contributed by atoms with Crippen molar-refractivity contribution in [3.63, 3.8) is 0 Å². The summed E-state index contributed by atoms with van der Waals surface area (Å²) in [7, 11) is 0. The van der Waals surface area contributed by atoms with Gasteiger partial charge in [0.05, 0.1) is 6.54 Å². The van der Waals surface area contributed by atoms with Crippen molar-refractivity contribution in [3.05, 3.63) is 75.3 Å². The number of rotatable bonds is 4. The van der Waals surface area contributed by atoms with Crippen molar-refractivity contribution >= 4 is 38.7 Å². The van der Waals surface area contributed by atoms with Gasteiger partial charge in [0.15, 0.2) is 9.83 Å². The van der Waals surface area contributed by atoms with E-state index in [1.54, 1.807) is 22.9 Å². The maximum Gasteiger partial charge on any atom is 0.252 e. The van der Waals surface area contributed by atoms with Crippen LogP contribution in [-0.4, -0.2) is 20.8 Å². The zero-order chi connectivity index (χ0) is 18.1. The molecule has 0 atom stereocenters. The lowest BCUT2D eigenvalue weighted by molar-refractivity contribution is 0.556. The van der Waals surface area contributed by atoms with Crippen LogP contribution in [0.4, 0.5) is 0 Å². The molecule has 0 aliphatic heterocycles. The Morgan fingerprint density at radius 3 is 2.62 bits per heavy atom. The van der Waals surface area contributed by atoms with Gasteiger partial charge < -0.3 is 4.42 Å². The highest BCUT2D eigenvalue weighted by Crippen LogP contribution is 2.25. The molecule has 3 aromatic heterocycles. The lowest BCUT2D eigenvalue weighted by Crippen LogP contribution is -2.21. The Bertz CT molecular complexity index is 1140. The molecule has 0 radical (unpaired) electrons. The molecule has 0 aliphatic rings. The van der Waals surface area contributed by atoms with Crippen LogP contribution in [0.25, 0.3) is 22.4 Å². The predicted molar refractivity (Wildman–Crippen MR) is 107 cm³/mol. The van der Waals surface area contributed by atoms with E-state index < -0.39 is 0 Å². The van der Waals surface area contributed by atoms with E-state index in [1.807, 2.05) is 42.7 Å². The molecule has 0 unspecified atom stereocenters. The predicted octanol–water partition coefficient (Wildman–Crippen LogP) is 4.58. The van der Waals surface area contributed by atoms with E-state index >= 15 is 0 Å². The molecule has 130 valence electrons. The van der Waals surface area contributed by atoms with Crippen molar-refractivity contribution in [3.8, 4) is 11.3 Å². The Labute approximate surface area is 162 Å². The van der Waals surface area contributed by atoms with Gasteiger partial charge in [-0.15, -0.1) is 0 Å². The molecule has 3 heterocycles. The molecule has 26 heavy (non-hydrogen) atoms. The summed E-state index contributed by atoms with van der Waals surface area (Å²) in [6.45, 7) is 0.448. The molecular weight excluding hydrogens is 414 g/mol. The van der Waals surface area contributed by atoms with Crippen molar-refractivity contribution in [2.24, 2.45) is 0 Å². The first-order valence-electron chi connectivity index (χ1n) is 7.89. The van der Waals surface area contributed by atoms with E-state index in [1.165, 1.54) is 11.8 Å². The topological polar surface area (TPSA) is 60.9 Å². The van der Waals surface area contributed by atoms with Crippen LogP contribution in [0.3, 0.4) is 0 Å².